The maximum absolute atomic E-state index is 11.9. The van der Waals surface area contributed by atoms with E-state index in [1.807, 2.05) is 0 Å². The van der Waals surface area contributed by atoms with E-state index >= 15 is 0 Å². The van der Waals surface area contributed by atoms with Crippen molar-refractivity contribution >= 4 is 17.9 Å². The molecule has 0 heterocycles. The van der Waals surface area contributed by atoms with E-state index in [9.17, 15) is 14.4 Å². The normalized spacial score (nSPS) is 21.0. The number of hydrogen-bond acceptors (Lipinski definition) is 4. The van der Waals surface area contributed by atoms with E-state index < -0.39 is 12.0 Å². The average Bonchev–Trinajstić information content (AvgIpc) is 2.53. The molecule has 0 aromatic carbocycles. The zero-order valence-electron chi connectivity index (χ0n) is 15.0. The molecule has 1 aliphatic carbocycles. The van der Waals surface area contributed by atoms with E-state index in [4.69, 9.17) is 10.5 Å². The van der Waals surface area contributed by atoms with Crippen molar-refractivity contribution in [3.63, 3.8) is 0 Å². The van der Waals surface area contributed by atoms with Crippen LogP contribution in [0.25, 0.3) is 0 Å². The number of nitrogens with one attached hydrogen (secondary N) is 2. The molecule has 7 heteroatoms. The van der Waals surface area contributed by atoms with Crippen molar-refractivity contribution in [2.45, 2.75) is 65.3 Å². The Morgan fingerprint density at radius 1 is 1.17 bits per heavy atom. The van der Waals surface area contributed by atoms with Gasteiger partial charge in [-0.1, -0.05) is 27.2 Å². The Bertz CT molecular complexity index is 443. The van der Waals surface area contributed by atoms with E-state index in [-0.39, 0.29) is 31.5 Å². The highest BCUT2D eigenvalue weighted by Crippen LogP contribution is 2.40. The van der Waals surface area contributed by atoms with Gasteiger partial charge in [0, 0.05) is 12.6 Å². The Labute approximate surface area is 144 Å². The highest BCUT2D eigenvalue weighted by Gasteiger charge is 2.32. The summed E-state index contributed by atoms with van der Waals surface area (Å²) in [6.45, 7) is 6.66. The third-order valence-corrected chi connectivity index (χ3v) is 5.10. The van der Waals surface area contributed by atoms with Crippen molar-refractivity contribution in [2.75, 3.05) is 13.2 Å². The lowest BCUT2D eigenvalue weighted by molar-refractivity contribution is -0.148. The third kappa shape index (κ3) is 7.19. The van der Waals surface area contributed by atoms with E-state index in [1.54, 1.807) is 0 Å². The van der Waals surface area contributed by atoms with Crippen LogP contribution < -0.4 is 16.4 Å². The molecule has 1 aliphatic rings. The molecule has 0 spiro atoms. The molecule has 1 fully saturated rings. The van der Waals surface area contributed by atoms with Crippen LogP contribution in [0.4, 0.5) is 4.79 Å². The Balaban J connectivity index is 2.20. The molecule has 0 aromatic rings. The molecule has 1 saturated carbocycles. The number of hydrogen-bond donors (Lipinski definition) is 3. The Morgan fingerprint density at radius 3 is 2.33 bits per heavy atom. The number of rotatable bonds is 8. The molecule has 24 heavy (non-hydrogen) atoms. The van der Waals surface area contributed by atoms with Gasteiger partial charge in [0.2, 0.25) is 0 Å². The van der Waals surface area contributed by atoms with Gasteiger partial charge in [0.25, 0.3) is 5.91 Å². The third-order valence-electron chi connectivity index (χ3n) is 5.10. The minimum atomic E-state index is -0.692. The molecule has 0 aromatic heterocycles. The monoisotopic (exact) mass is 341 g/mol. The summed E-state index contributed by atoms with van der Waals surface area (Å²) in [4.78, 5) is 33.7. The molecule has 7 nitrogen and oxygen atoms in total. The summed E-state index contributed by atoms with van der Waals surface area (Å²) in [7, 11) is 0. The molecule has 0 radical (unpaired) electrons. The molecule has 1 rings (SSSR count). The smallest absolute Gasteiger partial charge is 0.312 e. The van der Waals surface area contributed by atoms with Crippen LogP contribution in [0.15, 0.2) is 0 Å². The summed E-state index contributed by atoms with van der Waals surface area (Å²) in [6.07, 6.45) is 5.32. The van der Waals surface area contributed by atoms with Gasteiger partial charge in [0.1, 0.15) is 0 Å². The van der Waals surface area contributed by atoms with E-state index in [0.717, 1.165) is 32.1 Å². The molecule has 0 bridgehead atoms. The second kappa shape index (κ2) is 9.49. The van der Waals surface area contributed by atoms with Gasteiger partial charge < -0.3 is 21.1 Å². The summed E-state index contributed by atoms with van der Waals surface area (Å²) < 4.78 is 4.88. The van der Waals surface area contributed by atoms with Crippen molar-refractivity contribution in [1.82, 2.24) is 10.6 Å². The number of primary amides is 1. The van der Waals surface area contributed by atoms with Gasteiger partial charge in [0.15, 0.2) is 6.61 Å². The zero-order valence-corrected chi connectivity index (χ0v) is 15.0. The van der Waals surface area contributed by atoms with Crippen LogP contribution in [0.2, 0.25) is 0 Å². The fourth-order valence-corrected chi connectivity index (χ4v) is 3.08. The first-order chi connectivity index (χ1) is 11.2. The van der Waals surface area contributed by atoms with Crippen molar-refractivity contribution in [2.24, 2.45) is 17.1 Å². The van der Waals surface area contributed by atoms with Crippen LogP contribution in [0, 0.1) is 11.3 Å². The van der Waals surface area contributed by atoms with Gasteiger partial charge in [0.05, 0.1) is 6.42 Å². The highest BCUT2D eigenvalue weighted by molar-refractivity contribution is 5.81. The number of amides is 3. The first kappa shape index (κ1) is 20.3. The van der Waals surface area contributed by atoms with Crippen LogP contribution in [0.1, 0.15) is 59.3 Å². The number of carbonyl (C=O) groups excluding carboxylic acids is 3. The van der Waals surface area contributed by atoms with Crippen LogP contribution in [-0.2, 0) is 14.3 Å². The summed E-state index contributed by atoms with van der Waals surface area (Å²) in [5, 5.41) is 5.22. The summed E-state index contributed by atoms with van der Waals surface area (Å²) >= 11 is 0. The van der Waals surface area contributed by atoms with Gasteiger partial charge in [-0.3, -0.25) is 9.59 Å². The van der Waals surface area contributed by atoms with Crippen molar-refractivity contribution < 1.29 is 19.1 Å². The van der Waals surface area contributed by atoms with Crippen LogP contribution in [0.5, 0.6) is 0 Å². The summed E-state index contributed by atoms with van der Waals surface area (Å²) in [6, 6.07) is -0.529. The largest absolute Gasteiger partial charge is 0.456 e. The van der Waals surface area contributed by atoms with E-state index in [2.05, 4.69) is 31.4 Å². The number of urea groups is 1. The lowest BCUT2D eigenvalue weighted by Gasteiger charge is -2.39. The van der Waals surface area contributed by atoms with Crippen molar-refractivity contribution in [3.05, 3.63) is 0 Å². The molecule has 4 N–H and O–H groups in total. The summed E-state index contributed by atoms with van der Waals surface area (Å²) in [5.74, 6) is -0.108. The average molecular weight is 341 g/mol. The molecule has 0 unspecified atom stereocenters. The number of nitrogens with two attached hydrogens (primary N) is 1. The summed E-state index contributed by atoms with van der Waals surface area (Å²) in [5.41, 5.74) is 5.23. The molecule has 3 amide bonds. The first-order valence-corrected chi connectivity index (χ1v) is 8.73. The molecular formula is C17H31N3O4. The number of ether oxygens (including phenoxy) is 1. The molecular weight excluding hydrogens is 310 g/mol. The standard InChI is InChI=1S/C17H31N3O4/c1-4-17(2,3)12-5-7-13(8-6-12)20-14(21)11-24-15(22)9-10-19-16(18)23/h12-13H,4-11H2,1-3H3,(H,20,21)(H3,18,19,23). The molecule has 0 atom stereocenters. The fourth-order valence-electron chi connectivity index (χ4n) is 3.08. The quantitative estimate of drug-likeness (QED) is 0.583. The Kier molecular flexibility index (Phi) is 8.01. The van der Waals surface area contributed by atoms with E-state index in [0.29, 0.717) is 11.3 Å². The maximum Gasteiger partial charge on any atom is 0.312 e. The molecule has 0 saturated heterocycles. The van der Waals surface area contributed by atoms with Crippen LogP contribution >= 0.6 is 0 Å². The lowest BCUT2D eigenvalue weighted by atomic mass is 9.69. The maximum atomic E-state index is 11.9. The topological polar surface area (TPSA) is 111 Å². The molecule has 0 aliphatic heterocycles. The highest BCUT2D eigenvalue weighted by atomic mass is 16.5. The van der Waals surface area contributed by atoms with E-state index in [1.165, 1.54) is 0 Å². The van der Waals surface area contributed by atoms with Gasteiger partial charge >= 0.3 is 12.0 Å². The number of carbonyl (C=O) groups is 3. The minimum absolute atomic E-state index is 0.00652. The number of esters is 1. The minimum Gasteiger partial charge on any atom is -0.456 e. The lowest BCUT2D eigenvalue weighted by Crippen LogP contribution is -2.41. The van der Waals surface area contributed by atoms with Gasteiger partial charge in [-0.15, -0.1) is 0 Å². The Hall–Kier alpha value is -1.79. The van der Waals surface area contributed by atoms with Gasteiger partial charge in [-0.2, -0.15) is 0 Å². The van der Waals surface area contributed by atoms with Crippen LogP contribution in [0.3, 0.4) is 0 Å². The Morgan fingerprint density at radius 2 is 1.79 bits per heavy atom. The van der Waals surface area contributed by atoms with Crippen molar-refractivity contribution in [1.29, 1.82) is 0 Å². The predicted molar refractivity (Wildman–Crippen MR) is 91.1 cm³/mol. The first-order valence-electron chi connectivity index (χ1n) is 8.73. The zero-order chi connectivity index (χ0) is 18.2. The van der Waals surface area contributed by atoms with Crippen molar-refractivity contribution in [3.8, 4) is 0 Å². The van der Waals surface area contributed by atoms with Gasteiger partial charge in [-0.25, -0.2) is 4.79 Å². The predicted octanol–water partition coefficient (Wildman–Crippen LogP) is 1.70. The fraction of sp³-hybridized carbons (Fsp3) is 0.824. The second-order valence-electron chi connectivity index (χ2n) is 7.16. The molecule has 138 valence electrons. The van der Waals surface area contributed by atoms with Crippen LogP contribution in [-0.4, -0.2) is 37.1 Å². The SMILES string of the molecule is CCC(C)(C)C1CCC(NC(=O)COC(=O)CCNC(N)=O)CC1. The van der Waals surface area contributed by atoms with Gasteiger partial charge in [-0.05, 0) is 37.0 Å². The second-order valence-corrected chi connectivity index (χ2v) is 7.16.